The van der Waals surface area contributed by atoms with Gasteiger partial charge in [0.2, 0.25) is 5.88 Å². The molecule has 0 radical (unpaired) electrons. The third-order valence-corrected chi connectivity index (χ3v) is 6.29. The molecule has 3 heterocycles. The zero-order valence-corrected chi connectivity index (χ0v) is 21.1. The molecule has 5 rings (SSSR count). The van der Waals surface area contributed by atoms with Crippen molar-refractivity contribution in [3.05, 3.63) is 66.2 Å². The van der Waals surface area contributed by atoms with Gasteiger partial charge in [0.1, 0.15) is 30.2 Å². The lowest BCUT2D eigenvalue weighted by molar-refractivity contribution is 0.00768. The van der Waals surface area contributed by atoms with Crippen molar-refractivity contribution >= 4 is 34.9 Å². The predicted molar refractivity (Wildman–Crippen MR) is 147 cm³/mol. The van der Waals surface area contributed by atoms with Crippen molar-refractivity contribution in [2.24, 2.45) is 15.0 Å². The number of nitrogens with zero attached hydrogens (tertiary/aromatic N) is 4. The number of aliphatic imine (C=N–C) groups is 3. The van der Waals surface area contributed by atoms with Crippen LogP contribution in [0.15, 0.2) is 75.6 Å². The van der Waals surface area contributed by atoms with E-state index in [0.29, 0.717) is 17.2 Å². The number of allylic oxidation sites excluding steroid dienone is 1. The molecule has 0 spiro atoms. The third-order valence-electron chi connectivity index (χ3n) is 6.29. The van der Waals surface area contributed by atoms with E-state index in [-0.39, 0.29) is 25.6 Å². The van der Waals surface area contributed by atoms with Crippen LogP contribution in [0.5, 0.6) is 11.5 Å². The Balaban J connectivity index is 1.29. The molecule has 0 aliphatic carbocycles. The minimum Gasteiger partial charge on any atom is -0.475 e. The van der Waals surface area contributed by atoms with E-state index < -0.39 is 5.67 Å². The van der Waals surface area contributed by atoms with Crippen LogP contribution in [-0.4, -0.2) is 57.0 Å². The number of amidine groups is 1. The van der Waals surface area contributed by atoms with Crippen molar-refractivity contribution in [2.45, 2.75) is 19.5 Å². The number of hydrogen-bond donors (Lipinski definition) is 3. The molecule has 0 atom stereocenters. The summed E-state index contributed by atoms with van der Waals surface area (Å²) in [5.41, 5.74) is 3.63. The van der Waals surface area contributed by atoms with Gasteiger partial charge in [-0.05, 0) is 56.3 Å². The van der Waals surface area contributed by atoms with Gasteiger partial charge in [-0.25, -0.2) is 19.4 Å². The van der Waals surface area contributed by atoms with Gasteiger partial charge in [0.25, 0.3) is 0 Å². The van der Waals surface area contributed by atoms with Crippen LogP contribution in [0.4, 0.5) is 21.5 Å². The molecule has 0 aromatic heterocycles. The Hall–Kier alpha value is -4.18. The Bertz CT molecular complexity index is 1340. The molecule has 37 heavy (non-hydrogen) atoms. The summed E-state index contributed by atoms with van der Waals surface area (Å²) in [5, 5.41) is 9.55. The van der Waals surface area contributed by atoms with E-state index in [1.807, 2.05) is 63.4 Å². The van der Waals surface area contributed by atoms with Crippen molar-refractivity contribution in [3.8, 4) is 11.5 Å². The van der Waals surface area contributed by atoms with Crippen LogP contribution in [0.3, 0.4) is 0 Å². The highest BCUT2D eigenvalue weighted by atomic mass is 19.1. The first-order chi connectivity index (χ1) is 17.8. The van der Waals surface area contributed by atoms with Crippen molar-refractivity contribution in [3.63, 3.8) is 0 Å². The van der Waals surface area contributed by atoms with Gasteiger partial charge in [0.15, 0.2) is 11.5 Å². The number of alkyl halides is 1. The van der Waals surface area contributed by atoms with Crippen LogP contribution >= 0.6 is 0 Å². The Labute approximate surface area is 215 Å². The topological polar surface area (TPSA) is 94.9 Å². The summed E-state index contributed by atoms with van der Waals surface area (Å²) in [6, 6.07) is 11.8. The van der Waals surface area contributed by atoms with E-state index in [9.17, 15) is 4.39 Å². The smallest absolute Gasteiger partial charge is 0.206 e. The van der Waals surface area contributed by atoms with E-state index in [1.165, 1.54) is 6.34 Å². The summed E-state index contributed by atoms with van der Waals surface area (Å²) in [5.74, 6) is 2.09. The number of anilines is 3. The molecule has 10 heteroatoms. The number of rotatable bonds is 7. The second-order valence-corrected chi connectivity index (χ2v) is 9.21. The number of benzene rings is 2. The molecule has 0 saturated carbocycles. The Morgan fingerprint density at radius 2 is 2.14 bits per heavy atom. The van der Waals surface area contributed by atoms with Gasteiger partial charge in [0, 0.05) is 31.9 Å². The Morgan fingerprint density at radius 1 is 1.30 bits per heavy atom. The fourth-order valence-electron chi connectivity index (χ4n) is 4.12. The Kier molecular flexibility index (Phi) is 6.66. The normalized spacial score (nSPS) is 19.7. The van der Waals surface area contributed by atoms with Crippen LogP contribution in [0.2, 0.25) is 0 Å². The maximum atomic E-state index is 14.3. The molecule has 3 aliphatic heterocycles. The van der Waals surface area contributed by atoms with Gasteiger partial charge >= 0.3 is 0 Å². The predicted octanol–water partition coefficient (Wildman–Crippen LogP) is 4.60. The van der Waals surface area contributed by atoms with E-state index >= 15 is 0 Å². The maximum Gasteiger partial charge on any atom is 0.206 e. The molecule has 0 amide bonds. The van der Waals surface area contributed by atoms with Gasteiger partial charge in [-0.2, -0.15) is 0 Å². The first-order valence-electron chi connectivity index (χ1n) is 12.1. The molecule has 9 nitrogen and oxygen atoms in total. The van der Waals surface area contributed by atoms with E-state index in [0.717, 1.165) is 40.8 Å². The quantitative estimate of drug-likeness (QED) is 0.478. The molecule has 0 bridgehead atoms. The number of ether oxygens (including phenoxy) is 2. The summed E-state index contributed by atoms with van der Waals surface area (Å²) < 4.78 is 25.9. The summed E-state index contributed by atoms with van der Waals surface area (Å²) in [4.78, 5) is 15.3. The second kappa shape index (κ2) is 10.1. The van der Waals surface area contributed by atoms with Gasteiger partial charge in [-0.3, -0.25) is 0 Å². The van der Waals surface area contributed by atoms with Crippen LogP contribution in [0.1, 0.15) is 12.5 Å². The number of nitrogens with one attached hydrogen (secondary N) is 3. The fourth-order valence-corrected chi connectivity index (χ4v) is 4.12. The zero-order chi connectivity index (χ0) is 26.0. The molecule has 1 saturated heterocycles. The third kappa shape index (κ3) is 5.34. The minimum atomic E-state index is -1.39. The van der Waals surface area contributed by atoms with Crippen LogP contribution in [-0.2, 0) is 4.74 Å². The molecule has 0 unspecified atom stereocenters. The lowest BCUT2D eigenvalue weighted by atomic mass is 10.0. The average Bonchev–Trinajstić information content (AvgIpc) is 3.24. The number of hydrogen-bond acceptors (Lipinski definition) is 9. The summed E-state index contributed by atoms with van der Waals surface area (Å²) >= 11 is 0. The highest BCUT2D eigenvalue weighted by molar-refractivity contribution is 6.52. The molecule has 3 aliphatic rings. The van der Waals surface area contributed by atoms with Crippen LogP contribution in [0.25, 0.3) is 0 Å². The van der Waals surface area contributed by atoms with E-state index in [1.54, 1.807) is 0 Å². The number of halogens is 1. The standard InChI is InChI=1S/C27H30FN7O2/c1-5-21-25(33-18(3)36-14-27(28)12-29-13-27)26(31-15-30-21)34-19-6-9-24(17(2)10-19)37-20-7-8-23-22(11-20)32-16-35(23)4/h5-11,15,29,32H,3,12-14,16H2,1-2,4H3,(H,30,31,34)/b21-5+,33-25+. The minimum absolute atomic E-state index is 0.0971. The SMILES string of the molecule is C=C(/N=C1/C(Nc2ccc(Oc3ccc4c(c3)NCN4C)c(C)c2)=NC=N/C1=C/C)OCC1(F)CNC1. The summed E-state index contributed by atoms with van der Waals surface area (Å²) in [7, 11) is 2.04. The van der Waals surface area contributed by atoms with Gasteiger partial charge < -0.3 is 30.3 Å². The average molecular weight is 504 g/mol. The molecular weight excluding hydrogens is 473 g/mol. The molecule has 192 valence electrons. The first-order valence-corrected chi connectivity index (χ1v) is 12.1. The first kappa shape index (κ1) is 24.5. The van der Waals surface area contributed by atoms with Crippen molar-refractivity contribution < 1.29 is 13.9 Å². The largest absolute Gasteiger partial charge is 0.475 e. The van der Waals surface area contributed by atoms with Crippen LogP contribution in [0, 0.1) is 6.92 Å². The van der Waals surface area contributed by atoms with E-state index in [4.69, 9.17) is 9.47 Å². The number of fused-ring (bicyclic) bond motifs is 1. The molecule has 3 N–H and O–H groups in total. The highest BCUT2D eigenvalue weighted by Crippen LogP contribution is 2.36. The summed E-state index contributed by atoms with van der Waals surface area (Å²) in [6.07, 6.45) is 3.28. The molecular formula is C27H30FN7O2. The molecule has 2 aromatic carbocycles. The summed E-state index contributed by atoms with van der Waals surface area (Å²) in [6.45, 7) is 8.85. The van der Waals surface area contributed by atoms with Crippen LogP contribution < -0.4 is 25.6 Å². The monoisotopic (exact) mass is 503 g/mol. The van der Waals surface area contributed by atoms with E-state index in [2.05, 4.69) is 42.4 Å². The number of aryl methyl sites for hydroxylation is 1. The Morgan fingerprint density at radius 3 is 2.86 bits per heavy atom. The van der Waals surface area contributed by atoms with Gasteiger partial charge in [-0.1, -0.05) is 6.08 Å². The molecule has 2 aromatic rings. The van der Waals surface area contributed by atoms with Gasteiger partial charge in [0.05, 0.1) is 23.7 Å². The van der Waals surface area contributed by atoms with Crippen molar-refractivity contribution in [2.75, 3.05) is 48.9 Å². The molecule has 1 fully saturated rings. The van der Waals surface area contributed by atoms with Crippen molar-refractivity contribution in [1.29, 1.82) is 0 Å². The lowest BCUT2D eigenvalue weighted by Gasteiger charge is -2.34. The highest BCUT2D eigenvalue weighted by Gasteiger charge is 2.38. The lowest BCUT2D eigenvalue weighted by Crippen LogP contribution is -2.58. The zero-order valence-electron chi connectivity index (χ0n) is 21.1. The maximum absolute atomic E-state index is 14.3. The van der Waals surface area contributed by atoms with Crippen molar-refractivity contribution in [1.82, 2.24) is 5.32 Å². The fraction of sp³-hybridized carbons (Fsp3) is 0.296. The second-order valence-electron chi connectivity index (χ2n) is 9.21. The van der Waals surface area contributed by atoms with Gasteiger partial charge in [-0.15, -0.1) is 0 Å².